The fraction of sp³-hybridized carbons (Fsp3) is 0.667. The molecule has 0 heterocycles. The van der Waals surface area contributed by atoms with Gasteiger partial charge in [0.1, 0.15) is 0 Å². The molecule has 2 nitrogen and oxygen atoms in total. The Hall–Kier alpha value is -1.02. The topological polar surface area (TPSA) is 32.3 Å². The number of para-hydroxylation sites is 1. The van der Waals surface area contributed by atoms with E-state index in [4.69, 9.17) is 0 Å². The van der Waals surface area contributed by atoms with Crippen molar-refractivity contribution in [3.05, 3.63) is 29.8 Å². The minimum absolute atomic E-state index is 0.445. The third kappa shape index (κ3) is 3.76. The fourth-order valence-electron chi connectivity index (χ4n) is 3.30. The molecular weight excluding hydrogens is 246 g/mol. The summed E-state index contributed by atoms with van der Waals surface area (Å²) in [6, 6.07) is 9.18. The molecule has 0 atom stereocenters. The molecule has 0 spiro atoms. The number of hydrogen-bond acceptors (Lipinski definition) is 2. The third-order valence-electron chi connectivity index (χ3n) is 4.67. The molecule has 0 amide bonds. The van der Waals surface area contributed by atoms with Gasteiger partial charge in [0.15, 0.2) is 0 Å². The Bertz CT molecular complexity index is 425. The molecule has 1 saturated carbocycles. The van der Waals surface area contributed by atoms with Crippen molar-refractivity contribution < 1.29 is 5.11 Å². The summed E-state index contributed by atoms with van der Waals surface area (Å²) >= 11 is 0. The molecule has 1 aromatic rings. The zero-order chi connectivity index (χ0) is 14.8. The summed E-state index contributed by atoms with van der Waals surface area (Å²) in [6.07, 6.45) is 4.54. The van der Waals surface area contributed by atoms with Crippen molar-refractivity contribution in [2.75, 3.05) is 5.32 Å². The van der Waals surface area contributed by atoms with E-state index in [2.05, 4.69) is 43.4 Å². The molecule has 0 bridgehead atoms. The van der Waals surface area contributed by atoms with E-state index in [1.807, 2.05) is 13.8 Å². The summed E-state index contributed by atoms with van der Waals surface area (Å²) in [7, 11) is 0. The molecule has 1 aliphatic rings. The van der Waals surface area contributed by atoms with E-state index in [0.29, 0.717) is 17.9 Å². The molecule has 0 aromatic heterocycles. The first-order valence-electron chi connectivity index (χ1n) is 7.95. The largest absolute Gasteiger partial charge is 0.390 e. The predicted molar refractivity (Wildman–Crippen MR) is 86.2 cm³/mol. The second-order valence-electron chi connectivity index (χ2n) is 7.09. The summed E-state index contributed by atoms with van der Waals surface area (Å²) in [5.41, 5.74) is 2.16. The lowest BCUT2D eigenvalue weighted by Crippen LogP contribution is -2.37. The summed E-state index contributed by atoms with van der Waals surface area (Å²) < 4.78 is 0. The van der Waals surface area contributed by atoms with Crippen LogP contribution in [0.25, 0.3) is 0 Å². The van der Waals surface area contributed by atoms with Crippen LogP contribution in [0, 0.1) is 5.92 Å². The van der Waals surface area contributed by atoms with Crippen molar-refractivity contribution in [1.82, 2.24) is 0 Å². The highest BCUT2D eigenvalue weighted by atomic mass is 16.3. The van der Waals surface area contributed by atoms with Gasteiger partial charge in [-0.25, -0.2) is 0 Å². The zero-order valence-corrected chi connectivity index (χ0v) is 13.3. The Morgan fingerprint density at radius 2 is 1.70 bits per heavy atom. The fourth-order valence-corrected chi connectivity index (χ4v) is 3.30. The highest BCUT2D eigenvalue weighted by Gasteiger charge is 2.31. The maximum atomic E-state index is 10.1. The average Bonchev–Trinajstić information content (AvgIpc) is 2.38. The summed E-state index contributed by atoms with van der Waals surface area (Å²) in [5.74, 6) is 0.993. The smallest absolute Gasteiger partial charge is 0.0619 e. The van der Waals surface area contributed by atoms with Gasteiger partial charge in [-0.15, -0.1) is 0 Å². The van der Waals surface area contributed by atoms with Crippen LogP contribution in [0.3, 0.4) is 0 Å². The quantitative estimate of drug-likeness (QED) is 0.844. The normalized spacial score (nSPS) is 23.9. The van der Waals surface area contributed by atoms with Gasteiger partial charge < -0.3 is 10.4 Å². The van der Waals surface area contributed by atoms with E-state index in [9.17, 15) is 5.11 Å². The average molecular weight is 275 g/mol. The molecule has 0 radical (unpaired) electrons. The molecule has 0 aliphatic heterocycles. The maximum absolute atomic E-state index is 10.1. The Morgan fingerprint density at radius 1 is 1.10 bits per heavy atom. The second kappa shape index (κ2) is 6.17. The third-order valence-corrected chi connectivity index (χ3v) is 4.67. The Morgan fingerprint density at radius 3 is 2.25 bits per heavy atom. The molecular formula is C18H29NO. The Kier molecular flexibility index (Phi) is 4.74. The number of nitrogens with one attached hydrogen (secondary N) is 1. The number of anilines is 1. The standard InChI is InChI=1S/C18H29NO/c1-13(2)16-7-5-6-8-17(16)19-15-11-9-14(10-12-15)18(3,4)20/h5-8,13-15,19-20H,9-12H2,1-4H3. The van der Waals surface area contributed by atoms with Gasteiger partial charge in [0.25, 0.3) is 0 Å². The van der Waals surface area contributed by atoms with Crippen LogP contribution in [0.1, 0.15) is 64.9 Å². The summed E-state index contributed by atoms with van der Waals surface area (Å²) in [4.78, 5) is 0. The van der Waals surface area contributed by atoms with Gasteiger partial charge in [-0.2, -0.15) is 0 Å². The van der Waals surface area contributed by atoms with Crippen LogP contribution in [0.4, 0.5) is 5.69 Å². The first kappa shape index (κ1) is 15.4. The van der Waals surface area contributed by atoms with E-state index < -0.39 is 5.60 Å². The molecule has 0 unspecified atom stereocenters. The van der Waals surface area contributed by atoms with E-state index >= 15 is 0 Å². The molecule has 1 fully saturated rings. The van der Waals surface area contributed by atoms with Gasteiger partial charge in [0.05, 0.1) is 5.60 Å². The monoisotopic (exact) mass is 275 g/mol. The van der Waals surface area contributed by atoms with Gasteiger partial charge >= 0.3 is 0 Å². The lowest BCUT2D eigenvalue weighted by molar-refractivity contribution is -0.000393. The minimum Gasteiger partial charge on any atom is -0.390 e. The number of benzene rings is 1. The molecule has 1 aromatic carbocycles. The van der Waals surface area contributed by atoms with Crippen LogP contribution in [0.15, 0.2) is 24.3 Å². The first-order valence-corrected chi connectivity index (χ1v) is 7.95. The molecule has 2 N–H and O–H groups in total. The van der Waals surface area contributed by atoms with Crippen LogP contribution in [0.2, 0.25) is 0 Å². The van der Waals surface area contributed by atoms with E-state index in [-0.39, 0.29) is 0 Å². The molecule has 20 heavy (non-hydrogen) atoms. The van der Waals surface area contributed by atoms with Crippen molar-refractivity contribution in [3.63, 3.8) is 0 Å². The van der Waals surface area contributed by atoms with Crippen LogP contribution in [-0.2, 0) is 0 Å². The van der Waals surface area contributed by atoms with Crippen molar-refractivity contribution in [2.45, 2.75) is 70.9 Å². The van der Waals surface area contributed by atoms with Gasteiger partial charge in [-0.05, 0) is 63.0 Å². The van der Waals surface area contributed by atoms with Gasteiger partial charge in [0.2, 0.25) is 0 Å². The zero-order valence-electron chi connectivity index (χ0n) is 13.3. The van der Waals surface area contributed by atoms with Gasteiger partial charge in [0, 0.05) is 11.7 Å². The molecule has 2 heteroatoms. The van der Waals surface area contributed by atoms with Crippen LogP contribution >= 0.6 is 0 Å². The lowest BCUT2D eigenvalue weighted by atomic mass is 9.77. The highest BCUT2D eigenvalue weighted by Crippen LogP contribution is 2.34. The number of rotatable bonds is 4. The Labute approximate surface area is 123 Å². The van der Waals surface area contributed by atoms with Crippen LogP contribution < -0.4 is 5.32 Å². The van der Waals surface area contributed by atoms with Crippen molar-refractivity contribution in [3.8, 4) is 0 Å². The summed E-state index contributed by atoms with van der Waals surface area (Å²) in [6.45, 7) is 8.37. The minimum atomic E-state index is -0.527. The van der Waals surface area contributed by atoms with E-state index in [0.717, 1.165) is 25.7 Å². The highest BCUT2D eigenvalue weighted by molar-refractivity contribution is 5.53. The molecule has 0 saturated heterocycles. The molecule has 2 rings (SSSR count). The van der Waals surface area contributed by atoms with Gasteiger partial charge in [-0.1, -0.05) is 32.0 Å². The SMILES string of the molecule is CC(C)c1ccccc1NC1CCC(C(C)(C)O)CC1. The van der Waals surface area contributed by atoms with Crippen LogP contribution in [-0.4, -0.2) is 16.7 Å². The Balaban J connectivity index is 1.96. The van der Waals surface area contributed by atoms with Crippen molar-refractivity contribution in [2.24, 2.45) is 5.92 Å². The number of aliphatic hydroxyl groups is 1. The number of hydrogen-bond donors (Lipinski definition) is 2. The first-order chi connectivity index (χ1) is 9.38. The molecule has 112 valence electrons. The second-order valence-corrected chi connectivity index (χ2v) is 7.09. The lowest BCUT2D eigenvalue weighted by Gasteiger charge is -2.36. The van der Waals surface area contributed by atoms with E-state index in [1.54, 1.807) is 0 Å². The van der Waals surface area contributed by atoms with E-state index in [1.165, 1.54) is 11.3 Å². The summed E-state index contributed by atoms with van der Waals surface area (Å²) in [5, 5.41) is 13.8. The van der Waals surface area contributed by atoms with Crippen molar-refractivity contribution >= 4 is 5.69 Å². The van der Waals surface area contributed by atoms with Crippen LogP contribution in [0.5, 0.6) is 0 Å². The van der Waals surface area contributed by atoms with Gasteiger partial charge in [-0.3, -0.25) is 0 Å². The van der Waals surface area contributed by atoms with Crippen molar-refractivity contribution in [1.29, 1.82) is 0 Å². The maximum Gasteiger partial charge on any atom is 0.0619 e. The molecule has 1 aliphatic carbocycles. The predicted octanol–water partition coefficient (Wildman–Crippen LogP) is 4.55.